The monoisotopic (exact) mass is 592 g/mol. The Morgan fingerprint density at radius 1 is 0.568 bits per heavy atom. The van der Waals surface area contributed by atoms with Crippen LogP contribution >= 0.6 is 0 Å². The van der Waals surface area contributed by atoms with Gasteiger partial charge in [0.1, 0.15) is 0 Å². The fourth-order valence-electron chi connectivity index (χ4n) is 6.01. The molecule has 8 heteroatoms. The molecule has 2 amide bonds. The minimum absolute atomic E-state index is 0.119. The molecular formula is C36H36N2O6. The standard InChI is InChI=1S/C36H36N2O6/c39-33-31(19-17-25-9-3-1-4-10-25)37(23-27-13-7-15-29(21-27)34(40)41)36(44)38(24-28-14-8-16-30(22-28)35(42)43)32(33)20-18-26-11-5-2-6-12-26/h1-16,21-22,31-33,39H,17-20,23-24H2,(H,40,41)(H,42,43)/t31-,32-/m1/s1. The Morgan fingerprint density at radius 3 is 1.34 bits per heavy atom. The molecule has 1 aliphatic rings. The summed E-state index contributed by atoms with van der Waals surface area (Å²) in [7, 11) is 0. The van der Waals surface area contributed by atoms with Gasteiger partial charge in [0.2, 0.25) is 0 Å². The minimum atomic E-state index is -1.06. The topological polar surface area (TPSA) is 118 Å². The Labute approximate surface area is 256 Å². The molecule has 0 spiro atoms. The summed E-state index contributed by atoms with van der Waals surface area (Å²) in [6, 6.07) is 31.5. The molecule has 4 aromatic carbocycles. The summed E-state index contributed by atoms with van der Waals surface area (Å²) in [6.07, 6.45) is 1.41. The fraction of sp³-hybridized carbons (Fsp3) is 0.250. The molecule has 1 fully saturated rings. The number of aryl methyl sites for hydroxylation is 2. The van der Waals surface area contributed by atoms with Crippen molar-refractivity contribution in [2.24, 2.45) is 0 Å². The predicted octanol–water partition coefficient (Wildman–Crippen LogP) is 5.88. The molecule has 1 aliphatic heterocycles. The van der Waals surface area contributed by atoms with Gasteiger partial charge in [-0.15, -0.1) is 0 Å². The lowest BCUT2D eigenvalue weighted by Crippen LogP contribution is -2.65. The van der Waals surface area contributed by atoms with Crippen molar-refractivity contribution in [3.05, 3.63) is 143 Å². The van der Waals surface area contributed by atoms with Gasteiger partial charge in [-0.25, -0.2) is 14.4 Å². The van der Waals surface area contributed by atoms with E-state index in [-0.39, 0.29) is 30.2 Å². The Kier molecular flexibility index (Phi) is 9.72. The molecule has 0 saturated carbocycles. The zero-order valence-electron chi connectivity index (χ0n) is 24.3. The number of hydrogen-bond donors (Lipinski definition) is 3. The molecule has 1 saturated heterocycles. The molecule has 5 rings (SSSR count). The average molecular weight is 593 g/mol. The van der Waals surface area contributed by atoms with E-state index < -0.39 is 30.1 Å². The SMILES string of the molecule is O=C(O)c1cccc(CN2C(=O)N(Cc3cccc(C(=O)O)c3)[C@H](CCc3ccccc3)C(O)[C@H]2CCc2ccccc2)c1. The van der Waals surface area contributed by atoms with E-state index in [1.807, 2.05) is 60.7 Å². The number of hydrogen-bond acceptors (Lipinski definition) is 4. The summed E-state index contributed by atoms with van der Waals surface area (Å²) < 4.78 is 0. The van der Waals surface area contributed by atoms with Gasteiger partial charge in [-0.05, 0) is 72.2 Å². The van der Waals surface area contributed by atoms with E-state index in [4.69, 9.17) is 0 Å². The zero-order valence-corrected chi connectivity index (χ0v) is 24.3. The summed E-state index contributed by atoms with van der Waals surface area (Å²) >= 11 is 0. The number of aliphatic hydroxyl groups is 1. The zero-order chi connectivity index (χ0) is 31.1. The third kappa shape index (κ3) is 7.33. The molecule has 4 aromatic rings. The largest absolute Gasteiger partial charge is 0.478 e. The van der Waals surface area contributed by atoms with E-state index >= 15 is 0 Å². The van der Waals surface area contributed by atoms with Crippen molar-refractivity contribution in [1.82, 2.24) is 9.80 Å². The molecule has 226 valence electrons. The van der Waals surface area contributed by atoms with Crippen LogP contribution in [0.2, 0.25) is 0 Å². The maximum absolute atomic E-state index is 14.5. The lowest BCUT2D eigenvalue weighted by molar-refractivity contribution is -0.0478. The number of benzene rings is 4. The number of aromatic carboxylic acids is 2. The Hall–Kier alpha value is -4.95. The van der Waals surface area contributed by atoms with E-state index in [0.717, 1.165) is 11.1 Å². The summed E-state index contributed by atoms with van der Waals surface area (Å²) in [5, 5.41) is 31.2. The Balaban J connectivity index is 1.50. The Bertz CT molecular complexity index is 1480. The lowest BCUT2D eigenvalue weighted by atomic mass is 9.88. The van der Waals surface area contributed by atoms with Crippen molar-refractivity contribution >= 4 is 18.0 Å². The fourth-order valence-corrected chi connectivity index (χ4v) is 6.01. The number of carboxylic acids is 2. The van der Waals surface area contributed by atoms with Gasteiger partial charge >= 0.3 is 18.0 Å². The van der Waals surface area contributed by atoms with Gasteiger partial charge < -0.3 is 25.1 Å². The van der Waals surface area contributed by atoms with Crippen molar-refractivity contribution in [3.8, 4) is 0 Å². The van der Waals surface area contributed by atoms with Gasteiger partial charge in [0, 0.05) is 13.1 Å². The normalized spacial score (nSPS) is 17.1. The number of carbonyl (C=O) groups excluding carboxylic acids is 1. The first-order valence-corrected chi connectivity index (χ1v) is 14.8. The van der Waals surface area contributed by atoms with Gasteiger partial charge in [0.05, 0.1) is 29.3 Å². The van der Waals surface area contributed by atoms with Crippen molar-refractivity contribution in [2.45, 2.75) is 57.0 Å². The lowest BCUT2D eigenvalue weighted by Gasteiger charge is -2.49. The summed E-state index contributed by atoms with van der Waals surface area (Å²) in [6.45, 7) is 0.237. The van der Waals surface area contributed by atoms with Crippen LogP contribution in [-0.4, -0.2) is 61.3 Å². The van der Waals surface area contributed by atoms with Crippen LogP contribution in [0.1, 0.15) is 55.8 Å². The predicted molar refractivity (Wildman–Crippen MR) is 166 cm³/mol. The number of amides is 2. The number of nitrogens with zero attached hydrogens (tertiary/aromatic N) is 2. The van der Waals surface area contributed by atoms with Gasteiger partial charge in [-0.2, -0.15) is 0 Å². The van der Waals surface area contributed by atoms with Crippen LogP contribution in [-0.2, 0) is 25.9 Å². The highest BCUT2D eigenvalue weighted by Crippen LogP contribution is 2.32. The third-order valence-corrected chi connectivity index (χ3v) is 8.28. The van der Waals surface area contributed by atoms with E-state index in [1.54, 1.807) is 46.2 Å². The number of carboxylic acid groups (broad SMARTS) is 2. The molecular weight excluding hydrogens is 556 g/mol. The van der Waals surface area contributed by atoms with Crippen molar-refractivity contribution in [1.29, 1.82) is 0 Å². The van der Waals surface area contributed by atoms with Gasteiger partial charge in [-0.3, -0.25) is 0 Å². The van der Waals surface area contributed by atoms with Crippen LogP contribution in [0, 0.1) is 0 Å². The highest BCUT2D eigenvalue weighted by Gasteiger charge is 2.45. The quantitative estimate of drug-likeness (QED) is 0.189. The third-order valence-electron chi connectivity index (χ3n) is 8.28. The van der Waals surface area contributed by atoms with Crippen LogP contribution in [0.5, 0.6) is 0 Å². The van der Waals surface area contributed by atoms with Crippen LogP contribution < -0.4 is 0 Å². The number of rotatable bonds is 12. The van der Waals surface area contributed by atoms with Gasteiger partial charge in [-0.1, -0.05) is 84.9 Å². The van der Waals surface area contributed by atoms with Crippen molar-refractivity contribution in [2.75, 3.05) is 0 Å². The van der Waals surface area contributed by atoms with Crippen LogP contribution in [0.25, 0.3) is 0 Å². The Morgan fingerprint density at radius 2 is 0.955 bits per heavy atom. The summed E-state index contributed by atoms with van der Waals surface area (Å²) in [5.41, 5.74) is 3.71. The van der Waals surface area contributed by atoms with Crippen molar-refractivity contribution in [3.63, 3.8) is 0 Å². The molecule has 0 bridgehead atoms. The second kappa shape index (κ2) is 14.0. The minimum Gasteiger partial charge on any atom is -0.478 e. The second-order valence-electron chi connectivity index (χ2n) is 11.2. The first-order chi connectivity index (χ1) is 21.3. The maximum Gasteiger partial charge on any atom is 0.335 e. The molecule has 3 N–H and O–H groups in total. The number of urea groups is 1. The van der Waals surface area contributed by atoms with Gasteiger partial charge in [0.15, 0.2) is 0 Å². The van der Waals surface area contributed by atoms with Gasteiger partial charge in [0.25, 0.3) is 0 Å². The van der Waals surface area contributed by atoms with Crippen LogP contribution in [0.3, 0.4) is 0 Å². The second-order valence-corrected chi connectivity index (χ2v) is 11.2. The average Bonchev–Trinajstić information content (AvgIpc) is 3.04. The molecule has 0 radical (unpaired) electrons. The molecule has 1 heterocycles. The molecule has 2 atom stereocenters. The molecule has 0 aliphatic carbocycles. The number of aliphatic hydroxyl groups excluding tert-OH is 1. The first kappa shape index (κ1) is 30.5. The molecule has 8 nitrogen and oxygen atoms in total. The molecule has 44 heavy (non-hydrogen) atoms. The number of carbonyl (C=O) groups is 3. The molecule has 0 unspecified atom stereocenters. The smallest absolute Gasteiger partial charge is 0.335 e. The van der Waals surface area contributed by atoms with Crippen LogP contribution in [0.15, 0.2) is 109 Å². The maximum atomic E-state index is 14.5. The van der Waals surface area contributed by atoms with E-state index in [0.29, 0.717) is 36.8 Å². The van der Waals surface area contributed by atoms with E-state index in [1.165, 1.54) is 12.1 Å². The van der Waals surface area contributed by atoms with E-state index in [2.05, 4.69) is 0 Å². The summed E-state index contributed by atoms with van der Waals surface area (Å²) in [5.74, 6) is -2.11. The highest BCUT2D eigenvalue weighted by molar-refractivity contribution is 5.88. The highest BCUT2D eigenvalue weighted by atomic mass is 16.4. The van der Waals surface area contributed by atoms with E-state index in [9.17, 15) is 29.7 Å². The van der Waals surface area contributed by atoms with Crippen LogP contribution in [0.4, 0.5) is 4.79 Å². The summed E-state index contributed by atoms with van der Waals surface area (Å²) in [4.78, 5) is 41.1. The molecule has 0 aromatic heterocycles. The first-order valence-electron chi connectivity index (χ1n) is 14.8. The van der Waals surface area contributed by atoms with Crippen molar-refractivity contribution < 1.29 is 29.7 Å².